The van der Waals surface area contributed by atoms with Gasteiger partial charge < -0.3 is 9.84 Å². The second-order valence-corrected chi connectivity index (χ2v) is 6.35. The van der Waals surface area contributed by atoms with Crippen molar-refractivity contribution in [1.29, 1.82) is 0 Å². The average Bonchev–Trinajstić information content (AvgIpc) is 2.49. The number of ether oxygens (including phenoxy) is 1. The van der Waals surface area contributed by atoms with Crippen molar-refractivity contribution in [2.75, 3.05) is 0 Å². The Bertz CT molecular complexity index is 611. The molecule has 22 heavy (non-hydrogen) atoms. The molecule has 0 aromatic heterocycles. The number of carboxylic acid groups (broad SMARTS) is 1. The molecule has 3 nitrogen and oxygen atoms in total. The zero-order valence-corrected chi connectivity index (χ0v) is 13.5. The minimum Gasteiger partial charge on any atom is -0.479 e. The third-order valence-electron chi connectivity index (χ3n) is 3.06. The van der Waals surface area contributed by atoms with Crippen molar-refractivity contribution >= 4 is 17.7 Å². The van der Waals surface area contributed by atoms with Gasteiger partial charge in [0.05, 0.1) is 6.10 Å². The van der Waals surface area contributed by atoms with Crippen LogP contribution in [0.1, 0.15) is 19.4 Å². The highest BCUT2D eigenvalue weighted by Gasteiger charge is 2.21. The minimum atomic E-state index is -0.923. The summed E-state index contributed by atoms with van der Waals surface area (Å²) in [5, 5.41) is 9.33. The molecule has 0 amide bonds. The number of hydrogen-bond donors (Lipinski definition) is 1. The van der Waals surface area contributed by atoms with E-state index in [1.165, 1.54) is 0 Å². The molecule has 2 aromatic rings. The molecule has 1 N–H and O–H groups in total. The van der Waals surface area contributed by atoms with Crippen molar-refractivity contribution in [3.05, 3.63) is 60.2 Å². The van der Waals surface area contributed by atoms with Crippen LogP contribution in [0.15, 0.2) is 64.4 Å². The first-order valence-corrected chi connectivity index (χ1v) is 8.07. The van der Waals surface area contributed by atoms with Crippen LogP contribution in [0.2, 0.25) is 0 Å². The summed E-state index contributed by atoms with van der Waals surface area (Å²) in [5.74, 6) is -0.923. The lowest BCUT2D eigenvalue weighted by Crippen LogP contribution is -2.29. The Kier molecular flexibility index (Phi) is 6.04. The van der Waals surface area contributed by atoms with Crippen LogP contribution in [0.5, 0.6) is 0 Å². The minimum absolute atomic E-state index is 0.116. The molecule has 0 aliphatic rings. The predicted molar refractivity (Wildman–Crippen MR) is 88.4 cm³/mol. The first-order valence-electron chi connectivity index (χ1n) is 7.25. The smallest absolute Gasteiger partial charge is 0.333 e. The van der Waals surface area contributed by atoms with E-state index in [2.05, 4.69) is 0 Å². The van der Waals surface area contributed by atoms with Crippen molar-refractivity contribution in [1.82, 2.24) is 0 Å². The van der Waals surface area contributed by atoms with E-state index in [1.807, 2.05) is 68.4 Å². The van der Waals surface area contributed by atoms with E-state index in [0.717, 1.165) is 15.4 Å². The number of aliphatic carboxylic acids is 1. The molecule has 0 saturated heterocycles. The largest absolute Gasteiger partial charge is 0.479 e. The molecular formula is C18H20O3S. The Balaban J connectivity index is 2.18. The highest BCUT2D eigenvalue weighted by Crippen LogP contribution is 2.31. The lowest BCUT2D eigenvalue weighted by Gasteiger charge is -2.18. The van der Waals surface area contributed by atoms with Gasteiger partial charge in [0, 0.05) is 16.2 Å². The first-order chi connectivity index (χ1) is 10.6. The van der Waals surface area contributed by atoms with Gasteiger partial charge in [0.2, 0.25) is 0 Å². The summed E-state index contributed by atoms with van der Waals surface area (Å²) in [5.41, 5.74) is 0.990. The molecule has 0 aliphatic heterocycles. The third-order valence-corrected chi connectivity index (χ3v) is 4.19. The van der Waals surface area contributed by atoms with E-state index in [-0.39, 0.29) is 6.10 Å². The summed E-state index contributed by atoms with van der Waals surface area (Å²) in [4.78, 5) is 13.6. The SMILES string of the molecule is CC(C)O[C@@H](Cc1ccccc1Sc1ccccc1)C(=O)O. The predicted octanol–water partition coefficient (Wildman–Crippen LogP) is 4.26. The highest BCUT2D eigenvalue weighted by atomic mass is 32.2. The lowest BCUT2D eigenvalue weighted by molar-refractivity contribution is -0.153. The summed E-state index contributed by atoms with van der Waals surface area (Å²) in [6.45, 7) is 3.70. The van der Waals surface area contributed by atoms with Crippen LogP contribution in [0.25, 0.3) is 0 Å². The van der Waals surface area contributed by atoms with Gasteiger partial charge in [-0.3, -0.25) is 0 Å². The number of benzene rings is 2. The van der Waals surface area contributed by atoms with E-state index < -0.39 is 12.1 Å². The van der Waals surface area contributed by atoms with Crippen LogP contribution in [0.4, 0.5) is 0 Å². The average molecular weight is 316 g/mol. The molecule has 0 spiro atoms. The van der Waals surface area contributed by atoms with Crippen molar-refractivity contribution in [2.24, 2.45) is 0 Å². The van der Waals surface area contributed by atoms with Gasteiger partial charge in [0.25, 0.3) is 0 Å². The molecule has 0 saturated carbocycles. The molecule has 116 valence electrons. The number of carboxylic acids is 1. The van der Waals surface area contributed by atoms with Crippen molar-refractivity contribution < 1.29 is 14.6 Å². The molecular weight excluding hydrogens is 296 g/mol. The van der Waals surface area contributed by atoms with Gasteiger partial charge in [-0.1, -0.05) is 48.2 Å². The molecule has 0 aliphatic carbocycles. The molecule has 2 aromatic carbocycles. The highest BCUT2D eigenvalue weighted by molar-refractivity contribution is 7.99. The van der Waals surface area contributed by atoms with Crippen molar-refractivity contribution in [3.8, 4) is 0 Å². The summed E-state index contributed by atoms with van der Waals surface area (Å²) < 4.78 is 5.51. The zero-order chi connectivity index (χ0) is 15.9. The van der Waals surface area contributed by atoms with Gasteiger partial charge in [-0.05, 0) is 37.6 Å². The quantitative estimate of drug-likeness (QED) is 0.829. The summed E-state index contributed by atoms with van der Waals surface area (Å²) in [6, 6.07) is 17.9. The third kappa shape index (κ3) is 4.90. The van der Waals surface area contributed by atoms with E-state index in [4.69, 9.17) is 4.74 Å². The van der Waals surface area contributed by atoms with Crippen LogP contribution in [-0.2, 0) is 16.0 Å². The second kappa shape index (κ2) is 8.01. The lowest BCUT2D eigenvalue weighted by atomic mass is 10.1. The summed E-state index contributed by atoms with van der Waals surface area (Å²) in [7, 11) is 0. The molecule has 0 heterocycles. The Hall–Kier alpha value is -1.78. The Morgan fingerprint density at radius 2 is 1.73 bits per heavy atom. The van der Waals surface area contributed by atoms with Crippen molar-refractivity contribution in [3.63, 3.8) is 0 Å². The van der Waals surface area contributed by atoms with Gasteiger partial charge in [0.15, 0.2) is 6.10 Å². The van der Waals surface area contributed by atoms with Gasteiger partial charge in [-0.2, -0.15) is 0 Å². The fraction of sp³-hybridized carbons (Fsp3) is 0.278. The van der Waals surface area contributed by atoms with E-state index in [1.54, 1.807) is 11.8 Å². The Morgan fingerprint density at radius 1 is 1.09 bits per heavy atom. The van der Waals surface area contributed by atoms with Crippen LogP contribution < -0.4 is 0 Å². The maximum absolute atomic E-state index is 11.4. The van der Waals surface area contributed by atoms with Crippen LogP contribution in [0, 0.1) is 0 Å². The van der Waals surface area contributed by atoms with Gasteiger partial charge in [-0.15, -0.1) is 0 Å². The Labute approximate surface area is 135 Å². The summed E-state index contributed by atoms with van der Waals surface area (Å²) >= 11 is 1.64. The summed E-state index contributed by atoms with van der Waals surface area (Å²) in [6.07, 6.45) is -0.573. The topological polar surface area (TPSA) is 46.5 Å². The fourth-order valence-corrected chi connectivity index (χ4v) is 3.09. The van der Waals surface area contributed by atoms with Crippen molar-refractivity contribution in [2.45, 2.75) is 42.3 Å². The van der Waals surface area contributed by atoms with Gasteiger partial charge in [0.1, 0.15) is 0 Å². The van der Waals surface area contributed by atoms with Crippen LogP contribution in [0.3, 0.4) is 0 Å². The van der Waals surface area contributed by atoms with E-state index in [9.17, 15) is 9.90 Å². The van der Waals surface area contributed by atoms with E-state index >= 15 is 0 Å². The fourth-order valence-electron chi connectivity index (χ4n) is 2.11. The van der Waals surface area contributed by atoms with Crippen LogP contribution in [-0.4, -0.2) is 23.3 Å². The van der Waals surface area contributed by atoms with E-state index in [0.29, 0.717) is 6.42 Å². The zero-order valence-electron chi connectivity index (χ0n) is 12.7. The Morgan fingerprint density at radius 3 is 2.36 bits per heavy atom. The van der Waals surface area contributed by atoms with Gasteiger partial charge >= 0.3 is 5.97 Å². The number of carbonyl (C=O) groups is 1. The molecule has 2 rings (SSSR count). The second-order valence-electron chi connectivity index (χ2n) is 5.24. The van der Waals surface area contributed by atoms with Crippen LogP contribution >= 0.6 is 11.8 Å². The van der Waals surface area contributed by atoms with Gasteiger partial charge in [-0.25, -0.2) is 4.79 Å². The molecule has 4 heteroatoms. The molecule has 0 bridgehead atoms. The number of hydrogen-bond acceptors (Lipinski definition) is 3. The molecule has 1 atom stereocenters. The standard InChI is InChI=1S/C18H20O3S/c1-13(2)21-16(18(19)20)12-14-8-6-7-11-17(14)22-15-9-4-3-5-10-15/h3-11,13,16H,12H2,1-2H3,(H,19,20)/t16-/m0/s1. The molecule has 0 fully saturated rings. The maximum Gasteiger partial charge on any atom is 0.333 e. The maximum atomic E-state index is 11.4. The molecule has 0 unspecified atom stereocenters. The molecule has 0 radical (unpaired) electrons. The first kappa shape index (κ1) is 16.6. The normalized spacial score (nSPS) is 12.3. The monoisotopic (exact) mass is 316 g/mol. The number of rotatable bonds is 7.